The van der Waals surface area contributed by atoms with Gasteiger partial charge in [0.25, 0.3) is 0 Å². The van der Waals surface area contributed by atoms with Gasteiger partial charge in [-0.05, 0) is 52.3 Å². The first kappa shape index (κ1) is 16.6. The van der Waals surface area contributed by atoms with Crippen LogP contribution in [0.5, 0.6) is 0 Å². The van der Waals surface area contributed by atoms with Gasteiger partial charge in [0.1, 0.15) is 0 Å². The number of aromatic nitrogens is 1. The van der Waals surface area contributed by atoms with Crippen molar-refractivity contribution in [3.8, 4) is 0 Å². The van der Waals surface area contributed by atoms with E-state index in [1.54, 1.807) is 12.3 Å². The first-order chi connectivity index (χ1) is 9.56. The van der Waals surface area contributed by atoms with Crippen LogP contribution in [-0.4, -0.2) is 61.6 Å². The van der Waals surface area contributed by atoms with Crippen molar-refractivity contribution >= 4 is 5.97 Å². The third-order valence-corrected chi connectivity index (χ3v) is 3.16. The van der Waals surface area contributed by atoms with Crippen LogP contribution in [-0.2, 0) is 11.3 Å². The third kappa shape index (κ3) is 5.67. The van der Waals surface area contributed by atoms with Crippen LogP contribution in [0.25, 0.3) is 0 Å². The first-order valence-corrected chi connectivity index (χ1v) is 6.97. The molecule has 1 rings (SSSR count). The van der Waals surface area contributed by atoms with E-state index >= 15 is 0 Å². The van der Waals surface area contributed by atoms with Crippen molar-refractivity contribution in [2.24, 2.45) is 0 Å². The highest BCUT2D eigenvalue weighted by Crippen LogP contribution is 2.06. The fraction of sp³-hybridized carbons (Fsp3) is 0.600. The van der Waals surface area contributed by atoms with Crippen molar-refractivity contribution in [3.63, 3.8) is 0 Å². The standard InChI is InChI=1S/C15H25N3O2/c1-5-18(10-6-9-17(2)3)12-14-8-7-13(11-16-14)15(19)20-4/h7-8,11H,5-6,9-10,12H2,1-4H3. The molecule has 0 spiro atoms. The van der Waals surface area contributed by atoms with Crippen molar-refractivity contribution in [3.05, 3.63) is 29.6 Å². The van der Waals surface area contributed by atoms with Gasteiger partial charge in [0.05, 0.1) is 18.4 Å². The molecule has 20 heavy (non-hydrogen) atoms. The summed E-state index contributed by atoms with van der Waals surface area (Å²) in [5, 5.41) is 0. The number of rotatable bonds is 8. The summed E-state index contributed by atoms with van der Waals surface area (Å²) < 4.78 is 4.66. The van der Waals surface area contributed by atoms with Crippen LogP contribution >= 0.6 is 0 Å². The first-order valence-electron chi connectivity index (χ1n) is 6.97. The van der Waals surface area contributed by atoms with Gasteiger partial charge < -0.3 is 9.64 Å². The summed E-state index contributed by atoms with van der Waals surface area (Å²) >= 11 is 0. The molecule has 0 radical (unpaired) electrons. The second kappa shape index (κ2) is 8.66. The molecule has 0 aliphatic rings. The van der Waals surface area contributed by atoms with Crippen LogP contribution in [0, 0.1) is 0 Å². The highest BCUT2D eigenvalue weighted by molar-refractivity contribution is 5.88. The molecule has 5 nitrogen and oxygen atoms in total. The van der Waals surface area contributed by atoms with E-state index in [1.807, 2.05) is 6.07 Å². The molecule has 1 aromatic heterocycles. The maximum atomic E-state index is 11.3. The molecule has 0 saturated heterocycles. The maximum absolute atomic E-state index is 11.3. The van der Waals surface area contributed by atoms with E-state index in [1.165, 1.54) is 7.11 Å². The van der Waals surface area contributed by atoms with Crippen molar-refractivity contribution in [2.75, 3.05) is 40.8 Å². The fourth-order valence-electron chi connectivity index (χ4n) is 1.95. The number of carbonyl (C=O) groups is 1. The minimum absolute atomic E-state index is 0.345. The molecule has 5 heteroatoms. The molecule has 0 atom stereocenters. The topological polar surface area (TPSA) is 45.7 Å². The summed E-state index contributed by atoms with van der Waals surface area (Å²) in [6.07, 6.45) is 2.72. The summed E-state index contributed by atoms with van der Waals surface area (Å²) in [7, 11) is 5.55. The zero-order valence-electron chi connectivity index (χ0n) is 12.9. The minimum atomic E-state index is -0.345. The predicted octanol–water partition coefficient (Wildman–Crippen LogP) is 1.64. The third-order valence-electron chi connectivity index (χ3n) is 3.16. The van der Waals surface area contributed by atoms with Gasteiger partial charge >= 0.3 is 5.97 Å². The molecule has 1 aromatic rings. The van der Waals surface area contributed by atoms with Gasteiger partial charge in [-0.1, -0.05) is 6.92 Å². The number of hydrogen-bond acceptors (Lipinski definition) is 5. The molecule has 0 saturated carbocycles. The van der Waals surface area contributed by atoms with E-state index < -0.39 is 0 Å². The average Bonchev–Trinajstić information content (AvgIpc) is 2.45. The monoisotopic (exact) mass is 279 g/mol. The summed E-state index contributed by atoms with van der Waals surface area (Å²) in [6.45, 7) is 6.10. The van der Waals surface area contributed by atoms with Crippen molar-refractivity contribution in [2.45, 2.75) is 19.9 Å². The van der Waals surface area contributed by atoms with Crippen LogP contribution in [0.2, 0.25) is 0 Å². The second-order valence-electron chi connectivity index (χ2n) is 5.06. The van der Waals surface area contributed by atoms with Gasteiger partial charge in [-0.2, -0.15) is 0 Å². The Morgan fingerprint density at radius 1 is 1.30 bits per heavy atom. The Bertz CT molecular complexity index is 404. The number of pyridine rings is 1. The minimum Gasteiger partial charge on any atom is -0.465 e. The molecule has 0 amide bonds. The number of ether oxygens (including phenoxy) is 1. The molecule has 112 valence electrons. The van der Waals surface area contributed by atoms with E-state index in [0.717, 1.165) is 38.3 Å². The summed E-state index contributed by atoms with van der Waals surface area (Å²) in [5.74, 6) is -0.345. The van der Waals surface area contributed by atoms with Crippen LogP contribution < -0.4 is 0 Å². The highest BCUT2D eigenvalue weighted by Gasteiger charge is 2.08. The number of esters is 1. The lowest BCUT2D eigenvalue weighted by atomic mass is 10.2. The maximum Gasteiger partial charge on any atom is 0.339 e. The highest BCUT2D eigenvalue weighted by atomic mass is 16.5. The van der Waals surface area contributed by atoms with E-state index in [0.29, 0.717) is 5.56 Å². The number of hydrogen-bond donors (Lipinski definition) is 0. The molecule has 0 aliphatic carbocycles. The Balaban J connectivity index is 2.50. The average molecular weight is 279 g/mol. The Morgan fingerprint density at radius 3 is 2.55 bits per heavy atom. The molecule has 0 N–H and O–H groups in total. The normalized spacial score (nSPS) is 11.1. The van der Waals surface area contributed by atoms with E-state index in [9.17, 15) is 4.79 Å². The van der Waals surface area contributed by atoms with Crippen LogP contribution in [0.1, 0.15) is 29.4 Å². The van der Waals surface area contributed by atoms with E-state index in [4.69, 9.17) is 0 Å². The summed E-state index contributed by atoms with van der Waals surface area (Å²) in [6, 6.07) is 3.66. The lowest BCUT2D eigenvalue weighted by Gasteiger charge is -2.21. The SMILES string of the molecule is CCN(CCCN(C)C)Cc1ccc(C(=O)OC)cn1. The molecule has 0 unspecified atom stereocenters. The van der Waals surface area contributed by atoms with E-state index in [-0.39, 0.29) is 5.97 Å². The fourth-order valence-corrected chi connectivity index (χ4v) is 1.95. The van der Waals surface area contributed by atoms with Gasteiger partial charge in [-0.25, -0.2) is 4.79 Å². The number of nitrogens with zero attached hydrogens (tertiary/aromatic N) is 3. The molecule has 0 aliphatic heterocycles. The zero-order valence-corrected chi connectivity index (χ0v) is 12.9. The molecule has 0 fully saturated rings. The van der Waals surface area contributed by atoms with Gasteiger partial charge in [-0.3, -0.25) is 9.88 Å². The number of carbonyl (C=O) groups excluding carboxylic acids is 1. The van der Waals surface area contributed by atoms with E-state index in [2.05, 4.69) is 40.5 Å². The van der Waals surface area contributed by atoms with Crippen LogP contribution in [0.15, 0.2) is 18.3 Å². The quantitative estimate of drug-likeness (QED) is 0.677. The molecular weight excluding hydrogens is 254 g/mol. The lowest BCUT2D eigenvalue weighted by Crippen LogP contribution is -2.27. The Hall–Kier alpha value is -1.46. The molecule has 0 aromatic carbocycles. The van der Waals surface area contributed by atoms with Gasteiger partial charge in [0, 0.05) is 12.7 Å². The smallest absolute Gasteiger partial charge is 0.339 e. The van der Waals surface area contributed by atoms with Gasteiger partial charge in [-0.15, -0.1) is 0 Å². The molecular formula is C15H25N3O2. The van der Waals surface area contributed by atoms with Gasteiger partial charge in [0.15, 0.2) is 0 Å². The largest absolute Gasteiger partial charge is 0.465 e. The number of methoxy groups -OCH3 is 1. The zero-order chi connectivity index (χ0) is 15.0. The lowest BCUT2D eigenvalue weighted by molar-refractivity contribution is 0.0600. The second-order valence-corrected chi connectivity index (χ2v) is 5.06. The Labute approximate surface area is 121 Å². The summed E-state index contributed by atoms with van der Waals surface area (Å²) in [4.78, 5) is 20.2. The molecule has 0 bridgehead atoms. The summed E-state index contributed by atoms with van der Waals surface area (Å²) in [5.41, 5.74) is 1.47. The predicted molar refractivity (Wildman–Crippen MR) is 79.7 cm³/mol. The van der Waals surface area contributed by atoms with Crippen molar-refractivity contribution in [1.82, 2.24) is 14.8 Å². The van der Waals surface area contributed by atoms with Crippen molar-refractivity contribution in [1.29, 1.82) is 0 Å². The Morgan fingerprint density at radius 2 is 2.05 bits per heavy atom. The van der Waals surface area contributed by atoms with Crippen LogP contribution in [0.4, 0.5) is 0 Å². The van der Waals surface area contributed by atoms with Gasteiger partial charge in [0.2, 0.25) is 0 Å². The van der Waals surface area contributed by atoms with Crippen LogP contribution in [0.3, 0.4) is 0 Å². The Kier molecular flexibility index (Phi) is 7.18. The van der Waals surface area contributed by atoms with Crippen molar-refractivity contribution < 1.29 is 9.53 Å². The molecule has 1 heterocycles.